The maximum atomic E-state index is 5.16. The zero-order chi connectivity index (χ0) is 11.9. The van der Waals surface area contributed by atoms with Crippen LogP contribution in [0.2, 0.25) is 0 Å². The summed E-state index contributed by atoms with van der Waals surface area (Å²) in [7, 11) is 2.19. The van der Waals surface area contributed by atoms with Gasteiger partial charge < -0.3 is 15.4 Å². The van der Waals surface area contributed by atoms with E-state index < -0.39 is 0 Å². The fourth-order valence-corrected chi connectivity index (χ4v) is 1.45. The van der Waals surface area contributed by atoms with Gasteiger partial charge in [0.15, 0.2) is 5.88 Å². The van der Waals surface area contributed by atoms with E-state index in [2.05, 4.69) is 18.5 Å². The molecule has 1 fully saturated rings. The standard InChI is InChI=1S/C6H13NO.C6H13N/c1-5(7)8-6(2,3)4;1-7-5-3-2-4-6-7/h1,7H2,2-4H3;2-6H2,1H3. The van der Waals surface area contributed by atoms with Crippen molar-refractivity contribution in [3.63, 3.8) is 0 Å². The van der Waals surface area contributed by atoms with E-state index >= 15 is 0 Å². The number of likely N-dealkylation sites (tertiary alicyclic amines) is 1. The van der Waals surface area contributed by atoms with Crippen LogP contribution in [-0.2, 0) is 4.74 Å². The lowest BCUT2D eigenvalue weighted by molar-refractivity contribution is 0.0515. The fraction of sp³-hybridized carbons (Fsp3) is 0.833. The van der Waals surface area contributed by atoms with Crippen LogP contribution in [0, 0.1) is 0 Å². The smallest absolute Gasteiger partial charge is 0.177 e. The second-order valence-corrected chi connectivity index (χ2v) is 5.04. The molecule has 0 unspecified atom stereocenters. The van der Waals surface area contributed by atoms with Gasteiger partial charge in [-0.2, -0.15) is 0 Å². The van der Waals surface area contributed by atoms with Gasteiger partial charge in [-0.05, 0) is 60.3 Å². The van der Waals surface area contributed by atoms with E-state index in [1.54, 1.807) is 0 Å². The summed E-state index contributed by atoms with van der Waals surface area (Å²) in [6.07, 6.45) is 4.28. The van der Waals surface area contributed by atoms with Gasteiger partial charge in [-0.3, -0.25) is 0 Å². The van der Waals surface area contributed by atoms with Crippen LogP contribution in [0.15, 0.2) is 12.5 Å². The van der Waals surface area contributed by atoms with Gasteiger partial charge in [-0.15, -0.1) is 0 Å². The zero-order valence-corrected chi connectivity index (χ0v) is 10.7. The number of rotatable bonds is 1. The molecule has 1 saturated heterocycles. The average molecular weight is 214 g/mol. The summed E-state index contributed by atoms with van der Waals surface area (Å²) >= 11 is 0. The molecule has 0 atom stereocenters. The molecule has 1 rings (SSSR count). The monoisotopic (exact) mass is 214 g/mol. The molecule has 0 amide bonds. The van der Waals surface area contributed by atoms with Crippen LogP contribution in [0.1, 0.15) is 40.0 Å². The molecule has 0 radical (unpaired) electrons. The summed E-state index contributed by atoms with van der Waals surface area (Å²) in [5, 5.41) is 0. The van der Waals surface area contributed by atoms with Crippen molar-refractivity contribution in [3.05, 3.63) is 12.5 Å². The minimum absolute atomic E-state index is 0.203. The van der Waals surface area contributed by atoms with Crippen LogP contribution in [0.3, 0.4) is 0 Å². The van der Waals surface area contributed by atoms with E-state index in [0.717, 1.165) is 0 Å². The summed E-state index contributed by atoms with van der Waals surface area (Å²) < 4.78 is 5.02. The molecule has 2 N–H and O–H groups in total. The molecule has 3 heteroatoms. The number of hydrogen-bond donors (Lipinski definition) is 1. The third-order valence-corrected chi connectivity index (χ3v) is 2.02. The highest BCUT2D eigenvalue weighted by molar-refractivity contribution is 4.76. The molecule has 0 spiro atoms. The lowest BCUT2D eigenvalue weighted by atomic mass is 10.1. The Morgan fingerprint density at radius 3 is 1.80 bits per heavy atom. The van der Waals surface area contributed by atoms with Crippen molar-refractivity contribution in [1.82, 2.24) is 4.90 Å². The highest BCUT2D eigenvalue weighted by atomic mass is 16.5. The van der Waals surface area contributed by atoms with Crippen molar-refractivity contribution in [2.75, 3.05) is 20.1 Å². The molecular formula is C12H26N2O. The van der Waals surface area contributed by atoms with E-state index in [1.165, 1.54) is 32.4 Å². The van der Waals surface area contributed by atoms with Crippen molar-refractivity contribution in [1.29, 1.82) is 0 Å². The minimum atomic E-state index is -0.203. The normalized spacial score (nSPS) is 17.6. The van der Waals surface area contributed by atoms with Crippen molar-refractivity contribution in [2.45, 2.75) is 45.6 Å². The molecule has 90 valence electrons. The molecule has 3 nitrogen and oxygen atoms in total. The van der Waals surface area contributed by atoms with Crippen LogP contribution in [-0.4, -0.2) is 30.6 Å². The van der Waals surface area contributed by atoms with Crippen LogP contribution < -0.4 is 5.73 Å². The number of piperidine rings is 1. The van der Waals surface area contributed by atoms with E-state index in [-0.39, 0.29) is 11.5 Å². The minimum Gasteiger partial charge on any atom is -0.474 e. The first-order valence-electron chi connectivity index (χ1n) is 5.63. The third-order valence-electron chi connectivity index (χ3n) is 2.02. The van der Waals surface area contributed by atoms with Crippen molar-refractivity contribution >= 4 is 0 Å². The number of ether oxygens (including phenoxy) is 1. The van der Waals surface area contributed by atoms with Crippen LogP contribution in [0.4, 0.5) is 0 Å². The first-order valence-corrected chi connectivity index (χ1v) is 5.63. The summed E-state index contributed by atoms with van der Waals surface area (Å²) in [5.74, 6) is 0.275. The Kier molecular flexibility index (Phi) is 6.41. The summed E-state index contributed by atoms with van der Waals surface area (Å²) in [4.78, 5) is 2.39. The third kappa shape index (κ3) is 11.2. The molecule has 1 heterocycles. The molecule has 1 aliphatic heterocycles. The number of hydrogen-bond acceptors (Lipinski definition) is 3. The highest BCUT2D eigenvalue weighted by Crippen LogP contribution is 2.08. The number of nitrogens with zero attached hydrogens (tertiary/aromatic N) is 1. The Morgan fingerprint density at radius 1 is 1.20 bits per heavy atom. The van der Waals surface area contributed by atoms with Gasteiger partial charge >= 0.3 is 0 Å². The molecule has 0 aromatic rings. The Bertz CT molecular complexity index is 179. The van der Waals surface area contributed by atoms with Gasteiger partial charge in [0, 0.05) is 0 Å². The summed E-state index contributed by atoms with van der Waals surface area (Å²) in [5.41, 5.74) is 4.96. The molecule has 1 aliphatic rings. The Hall–Kier alpha value is -0.700. The molecule has 0 aliphatic carbocycles. The summed E-state index contributed by atoms with van der Waals surface area (Å²) in [6.45, 7) is 11.8. The van der Waals surface area contributed by atoms with E-state index in [0.29, 0.717) is 0 Å². The van der Waals surface area contributed by atoms with Crippen LogP contribution >= 0.6 is 0 Å². The largest absolute Gasteiger partial charge is 0.474 e. The molecule has 0 aromatic heterocycles. The SMILES string of the molecule is C=C(N)OC(C)(C)C.CN1CCCCC1. The van der Waals surface area contributed by atoms with Gasteiger partial charge in [0.1, 0.15) is 5.60 Å². The lowest BCUT2D eigenvalue weighted by Crippen LogP contribution is -2.24. The van der Waals surface area contributed by atoms with Crippen molar-refractivity contribution < 1.29 is 4.74 Å². The van der Waals surface area contributed by atoms with Gasteiger partial charge in [-0.25, -0.2) is 0 Å². The Balaban J connectivity index is 0.000000262. The predicted molar refractivity (Wildman–Crippen MR) is 65.5 cm³/mol. The van der Waals surface area contributed by atoms with Crippen LogP contribution in [0.5, 0.6) is 0 Å². The van der Waals surface area contributed by atoms with E-state index in [9.17, 15) is 0 Å². The quantitative estimate of drug-likeness (QED) is 0.681. The molecule has 15 heavy (non-hydrogen) atoms. The molecule has 0 bridgehead atoms. The van der Waals surface area contributed by atoms with Crippen molar-refractivity contribution in [2.24, 2.45) is 5.73 Å². The molecular weight excluding hydrogens is 188 g/mol. The number of nitrogens with two attached hydrogens (primary N) is 1. The predicted octanol–water partition coefficient (Wildman–Crippen LogP) is 2.33. The van der Waals surface area contributed by atoms with E-state index in [4.69, 9.17) is 10.5 Å². The maximum Gasteiger partial charge on any atom is 0.177 e. The average Bonchev–Trinajstić information content (AvgIpc) is 2.01. The van der Waals surface area contributed by atoms with Crippen molar-refractivity contribution in [3.8, 4) is 0 Å². The second-order valence-electron chi connectivity index (χ2n) is 5.04. The second kappa shape index (κ2) is 6.72. The molecule has 0 aromatic carbocycles. The first kappa shape index (κ1) is 14.3. The maximum absolute atomic E-state index is 5.16. The summed E-state index contributed by atoms with van der Waals surface area (Å²) in [6, 6.07) is 0. The highest BCUT2D eigenvalue weighted by Gasteiger charge is 2.09. The fourth-order valence-electron chi connectivity index (χ4n) is 1.45. The molecule has 0 saturated carbocycles. The Morgan fingerprint density at radius 2 is 1.67 bits per heavy atom. The Labute approximate surface area is 94.3 Å². The topological polar surface area (TPSA) is 38.5 Å². The zero-order valence-electron chi connectivity index (χ0n) is 10.7. The van der Waals surface area contributed by atoms with Crippen LogP contribution in [0.25, 0.3) is 0 Å². The van der Waals surface area contributed by atoms with Gasteiger partial charge in [0.2, 0.25) is 0 Å². The van der Waals surface area contributed by atoms with E-state index in [1.807, 2.05) is 20.8 Å². The van der Waals surface area contributed by atoms with Gasteiger partial charge in [-0.1, -0.05) is 6.42 Å². The first-order chi connectivity index (χ1) is 6.81. The van der Waals surface area contributed by atoms with Gasteiger partial charge in [0.05, 0.1) is 0 Å². The lowest BCUT2D eigenvalue weighted by Gasteiger charge is -2.20. The van der Waals surface area contributed by atoms with Gasteiger partial charge in [0.25, 0.3) is 0 Å².